The molecule has 1 atom stereocenters. The first kappa shape index (κ1) is 22.0. The van der Waals surface area contributed by atoms with Crippen molar-refractivity contribution in [1.29, 1.82) is 0 Å². The zero-order chi connectivity index (χ0) is 23.2. The molecule has 0 amide bonds. The van der Waals surface area contributed by atoms with Gasteiger partial charge < -0.3 is 24.9 Å². The number of hydrogen-bond donors (Lipinski definition) is 1. The van der Waals surface area contributed by atoms with Gasteiger partial charge in [0.1, 0.15) is 11.6 Å². The van der Waals surface area contributed by atoms with E-state index < -0.39 is 0 Å². The van der Waals surface area contributed by atoms with Gasteiger partial charge in [0.15, 0.2) is 0 Å². The van der Waals surface area contributed by atoms with Gasteiger partial charge in [0, 0.05) is 75.6 Å². The Kier molecular flexibility index (Phi) is 5.81. The SMILES string of the molecule is CN(C)C1CN(c2nc3c(c(N4CCNCC4)n2)CCC(N2CCCc4ccc(F)cc42)C3)C1. The van der Waals surface area contributed by atoms with Crippen LogP contribution in [0, 0.1) is 5.82 Å². The Balaban J connectivity index is 1.32. The summed E-state index contributed by atoms with van der Waals surface area (Å²) < 4.78 is 14.1. The second-order valence-electron chi connectivity index (χ2n) is 10.5. The maximum absolute atomic E-state index is 14.1. The highest BCUT2D eigenvalue weighted by molar-refractivity contribution is 5.59. The minimum absolute atomic E-state index is 0.138. The van der Waals surface area contributed by atoms with E-state index in [9.17, 15) is 4.39 Å². The normalized spacial score (nSPS) is 23.1. The standard InChI is InChI=1S/C26H36FN7/c1-31(2)21-16-33(17-21)26-29-23-15-20(34-11-3-4-18-5-6-19(27)14-24(18)34)7-8-22(23)25(30-26)32-12-9-28-10-13-32/h5-6,14,20-21,28H,3-4,7-13,15-17H2,1-2H3. The fourth-order valence-corrected chi connectivity index (χ4v) is 6.01. The lowest BCUT2D eigenvalue weighted by molar-refractivity contribution is 0.245. The van der Waals surface area contributed by atoms with Crippen molar-refractivity contribution in [3.63, 3.8) is 0 Å². The summed E-state index contributed by atoms with van der Waals surface area (Å²) in [6, 6.07) is 6.24. The van der Waals surface area contributed by atoms with Gasteiger partial charge in [-0.3, -0.25) is 0 Å². The third-order valence-corrected chi connectivity index (χ3v) is 8.15. The lowest BCUT2D eigenvalue weighted by atomic mass is 9.88. The number of benzene rings is 1. The summed E-state index contributed by atoms with van der Waals surface area (Å²) in [5, 5.41) is 3.47. The number of nitrogens with one attached hydrogen (secondary N) is 1. The summed E-state index contributed by atoms with van der Waals surface area (Å²) in [4.78, 5) is 19.8. The maximum Gasteiger partial charge on any atom is 0.227 e. The smallest absolute Gasteiger partial charge is 0.227 e. The van der Waals surface area contributed by atoms with Crippen LogP contribution in [-0.2, 0) is 19.3 Å². The number of aryl methyl sites for hydroxylation is 1. The molecule has 4 aliphatic rings. The van der Waals surface area contributed by atoms with Gasteiger partial charge >= 0.3 is 0 Å². The molecule has 4 heterocycles. The Morgan fingerprint density at radius 1 is 1.03 bits per heavy atom. The van der Waals surface area contributed by atoms with E-state index in [4.69, 9.17) is 9.97 Å². The van der Waals surface area contributed by atoms with Gasteiger partial charge in [-0.25, -0.2) is 9.37 Å². The van der Waals surface area contributed by atoms with Crippen LogP contribution in [-0.4, -0.2) is 86.9 Å². The predicted molar refractivity (Wildman–Crippen MR) is 135 cm³/mol. The molecule has 182 valence electrons. The predicted octanol–water partition coefficient (Wildman–Crippen LogP) is 2.09. The molecular formula is C26H36FN7. The molecule has 1 aromatic heterocycles. The number of fused-ring (bicyclic) bond motifs is 2. The zero-order valence-electron chi connectivity index (χ0n) is 20.4. The number of rotatable bonds is 4. The molecule has 0 bridgehead atoms. The van der Waals surface area contributed by atoms with E-state index in [0.29, 0.717) is 12.1 Å². The molecule has 0 saturated carbocycles. The highest BCUT2D eigenvalue weighted by Crippen LogP contribution is 2.37. The van der Waals surface area contributed by atoms with Crippen molar-refractivity contribution in [2.45, 2.75) is 44.2 Å². The molecule has 3 aliphatic heterocycles. The van der Waals surface area contributed by atoms with E-state index >= 15 is 0 Å². The van der Waals surface area contributed by atoms with Crippen LogP contribution in [0.4, 0.5) is 21.8 Å². The molecule has 1 aromatic carbocycles. The number of likely N-dealkylation sites (N-methyl/N-ethyl adjacent to an activating group) is 1. The Morgan fingerprint density at radius 2 is 1.85 bits per heavy atom. The first-order valence-corrected chi connectivity index (χ1v) is 12.9. The molecule has 0 spiro atoms. The van der Waals surface area contributed by atoms with Crippen LogP contribution in [0.1, 0.15) is 29.7 Å². The van der Waals surface area contributed by atoms with Gasteiger partial charge in [-0.15, -0.1) is 0 Å². The van der Waals surface area contributed by atoms with Crippen molar-refractivity contribution in [2.24, 2.45) is 0 Å². The van der Waals surface area contributed by atoms with E-state index in [1.807, 2.05) is 6.07 Å². The molecule has 1 unspecified atom stereocenters. The van der Waals surface area contributed by atoms with Crippen molar-refractivity contribution in [3.8, 4) is 0 Å². The van der Waals surface area contributed by atoms with Crippen LogP contribution in [0.5, 0.6) is 0 Å². The lowest BCUT2D eigenvalue weighted by Crippen LogP contribution is -2.58. The molecule has 0 radical (unpaired) electrons. The lowest BCUT2D eigenvalue weighted by Gasteiger charge is -2.44. The number of anilines is 3. The van der Waals surface area contributed by atoms with Gasteiger partial charge in [-0.05, 0) is 57.5 Å². The first-order valence-electron chi connectivity index (χ1n) is 12.9. The summed E-state index contributed by atoms with van der Waals surface area (Å²) in [6.07, 6.45) is 5.13. The monoisotopic (exact) mass is 465 g/mol. The third kappa shape index (κ3) is 4.01. The van der Waals surface area contributed by atoms with Gasteiger partial charge in [-0.1, -0.05) is 6.07 Å². The molecule has 6 rings (SSSR count). The Morgan fingerprint density at radius 3 is 2.65 bits per heavy atom. The molecule has 2 aromatic rings. The van der Waals surface area contributed by atoms with Gasteiger partial charge in [0.05, 0.1) is 5.69 Å². The quantitative estimate of drug-likeness (QED) is 0.742. The molecular weight excluding hydrogens is 429 g/mol. The van der Waals surface area contributed by atoms with Gasteiger partial charge in [0.25, 0.3) is 0 Å². The van der Waals surface area contributed by atoms with E-state index in [1.54, 1.807) is 12.1 Å². The molecule has 2 saturated heterocycles. The number of aromatic nitrogens is 2. The summed E-state index contributed by atoms with van der Waals surface area (Å²) >= 11 is 0. The first-order chi connectivity index (χ1) is 16.6. The number of piperazine rings is 1. The van der Waals surface area contributed by atoms with Crippen molar-refractivity contribution < 1.29 is 4.39 Å². The molecule has 7 nitrogen and oxygen atoms in total. The van der Waals surface area contributed by atoms with Crippen molar-refractivity contribution in [1.82, 2.24) is 20.2 Å². The maximum atomic E-state index is 14.1. The summed E-state index contributed by atoms with van der Waals surface area (Å²) in [5.41, 5.74) is 4.90. The van der Waals surface area contributed by atoms with Crippen molar-refractivity contribution in [3.05, 3.63) is 40.8 Å². The zero-order valence-corrected chi connectivity index (χ0v) is 20.4. The second kappa shape index (κ2) is 8.96. The fraction of sp³-hybridized carbons (Fsp3) is 0.615. The van der Waals surface area contributed by atoms with E-state index in [-0.39, 0.29) is 5.82 Å². The number of halogens is 1. The molecule has 1 N–H and O–H groups in total. The van der Waals surface area contributed by atoms with E-state index in [0.717, 1.165) is 95.4 Å². The van der Waals surface area contributed by atoms with E-state index in [2.05, 4.69) is 39.0 Å². The molecule has 34 heavy (non-hydrogen) atoms. The van der Waals surface area contributed by atoms with Crippen LogP contribution in [0.15, 0.2) is 18.2 Å². The fourth-order valence-electron chi connectivity index (χ4n) is 6.01. The summed E-state index contributed by atoms with van der Waals surface area (Å²) in [6.45, 7) is 6.94. The summed E-state index contributed by atoms with van der Waals surface area (Å²) in [7, 11) is 4.29. The van der Waals surface area contributed by atoms with E-state index in [1.165, 1.54) is 16.8 Å². The Hall–Kier alpha value is -2.45. The minimum atomic E-state index is -0.138. The Labute approximate surface area is 201 Å². The topological polar surface area (TPSA) is 50.8 Å². The molecule has 2 fully saturated rings. The largest absolute Gasteiger partial charge is 0.368 e. The van der Waals surface area contributed by atoms with Gasteiger partial charge in [0.2, 0.25) is 5.95 Å². The van der Waals surface area contributed by atoms with Crippen LogP contribution in [0.2, 0.25) is 0 Å². The average molecular weight is 466 g/mol. The summed E-state index contributed by atoms with van der Waals surface area (Å²) in [5.74, 6) is 1.90. The van der Waals surface area contributed by atoms with Crippen LogP contribution >= 0.6 is 0 Å². The molecule has 1 aliphatic carbocycles. The van der Waals surface area contributed by atoms with Crippen molar-refractivity contribution >= 4 is 17.5 Å². The van der Waals surface area contributed by atoms with Crippen LogP contribution < -0.4 is 20.0 Å². The number of hydrogen-bond acceptors (Lipinski definition) is 7. The number of nitrogens with zero attached hydrogens (tertiary/aromatic N) is 6. The highest BCUT2D eigenvalue weighted by atomic mass is 19.1. The van der Waals surface area contributed by atoms with Crippen LogP contribution in [0.3, 0.4) is 0 Å². The highest BCUT2D eigenvalue weighted by Gasteiger charge is 2.35. The third-order valence-electron chi connectivity index (χ3n) is 8.15. The second-order valence-corrected chi connectivity index (χ2v) is 10.5. The average Bonchev–Trinajstić information content (AvgIpc) is 2.82. The van der Waals surface area contributed by atoms with Crippen LogP contribution in [0.25, 0.3) is 0 Å². The minimum Gasteiger partial charge on any atom is -0.368 e. The molecule has 8 heteroatoms. The Bertz CT molecular complexity index is 1050. The van der Waals surface area contributed by atoms with Crippen molar-refractivity contribution in [2.75, 3.05) is 74.6 Å². The van der Waals surface area contributed by atoms with Gasteiger partial charge in [-0.2, -0.15) is 4.98 Å².